The Labute approximate surface area is 373 Å². The average molecular weight is 953 g/mol. The first-order valence-corrected chi connectivity index (χ1v) is 19.1. The second-order valence-corrected chi connectivity index (χ2v) is 15.5. The Bertz CT molecular complexity index is 3020. The zero-order chi connectivity index (χ0) is 49.4. The lowest BCUT2D eigenvalue weighted by Crippen LogP contribution is -2.70. The minimum atomic E-state index is -3.99. The molecule has 1 saturated heterocycles. The Morgan fingerprint density at radius 1 is 0.588 bits per heavy atom. The molecule has 6 bridgehead atoms. The lowest BCUT2D eigenvalue weighted by atomic mass is 9.70. The predicted molar refractivity (Wildman–Crippen MR) is 204 cm³/mol. The van der Waals surface area contributed by atoms with E-state index < -0.39 is 204 Å². The summed E-state index contributed by atoms with van der Waals surface area (Å²) in [5, 5.41) is 150. The summed E-state index contributed by atoms with van der Waals surface area (Å²) in [6, 6.07) is 2.32. The van der Waals surface area contributed by atoms with Crippen LogP contribution in [-0.4, -0.2) is 156 Å². The number of phenolic OH excluding ortho intramolecular Hbond substituents is 11. The van der Waals surface area contributed by atoms with Crippen LogP contribution in [0.1, 0.15) is 52.9 Å². The zero-order valence-electron chi connectivity index (χ0n) is 33.2. The summed E-state index contributed by atoms with van der Waals surface area (Å²) in [5.74, 6) is -36.5. The Morgan fingerprint density at radius 3 is 1.71 bits per heavy atom. The third-order valence-corrected chi connectivity index (χ3v) is 11.5. The molecule has 1 fully saturated rings. The summed E-state index contributed by atoms with van der Waals surface area (Å²) in [5.41, 5.74) is -8.44. The first kappa shape index (κ1) is 44.3. The van der Waals surface area contributed by atoms with Gasteiger partial charge in [-0.05, 0) is 36.4 Å². The van der Waals surface area contributed by atoms with Crippen molar-refractivity contribution in [1.82, 2.24) is 0 Å². The third kappa shape index (κ3) is 6.21. The highest BCUT2D eigenvalue weighted by Crippen LogP contribution is 2.59. The molecule has 4 aromatic carbocycles. The molecule has 0 aromatic heterocycles. The summed E-state index contributed by atoms with van der Waals surface area (Å²) in [6.45, 7) is -1.30. The topological polar surface area (TPSA) is 450 Å². The van der Waals surface area contributed by atoms with Gasteiger partial charge in [0.1, 0.15) is 12.7 Å². The molecule has 4 aromatic rings. The van der Waals surface area contributed by atoms with E-state index in [2.05, 4.69) is 0 Å². The molecule has 1 aliphatic carbocycles. The van der Waals surface area contributed by atoms with E-state index in [1.807, 2.05) is 0 Å². The quantitative estimate of drug-likeness (QED) is 0.0491. The number of hydrogen-bond acceptors (Lipinski definition) is 27. The van der Waals surface area contributed by atoms with Crippen LogP contribution in [0, 0.1) is 0 Å². The number of ether oxygens (including phenoxy) is 7. The van der Waals surface area contributed by atoms with Crippen molar-refractivity contribution in [2.75, 3.05) is 6.61 Å². The molecule has 27 nitrogen and oxygen atoms in total. The van der Waals surface area contributed by atoms with E-state index in [9.17, 15) is 100 Å². The fourth-order valence-electron chi connectivity index (χ4n) is 8.25. The summed E-state index contributed by atoms with van der Waals surface area (Å²) < 4.78 is 38.9. The molecule has 0 radical (unpaired) electrons. The largest absolute Gasteiger partial charge is 0.504 e. The molecule has 5 aliphatic rings. The molecule has 2 unspecified atom stereocenters. The van der Waals surface area contributed by atoms with Crippen LogP contribution in [0.2, 0.25) is 0 Å². The molecule has 68 heavy (non-hydrogen) atoms. The van der Waals surface area contributed by atoms with Gasteiger partial charge >= 0.3 is 35.6 Å². The number of aliphatic hydroxyl groups is 3. The van der Waals surface area contributed by atoms with E-state index in [1.54, 1.807) is 0 Å². The molecule has 354 valence electrons. The van der Waals surface area contributed by atoms with Gasteiger partial charge in [-0.3, -0.25) is 4.79 Å². The number of ketones is 1. The first-order chi connectivity index (χ1) is 31.9. The molecule has 0 amide bonds. The van der Waals surface area contributed by atoms with Crippen LogP contribution in [0.3, 0.4) is 0 Å². The maximum absolute atomic E-state index is 14.5. The summed E-state index contributed by atoms with van der Waals surface area (Å²) in [6.07, 6.45) is -12.2. The van der Waals surface area contributed by atoms with Gasteiger partial charge in [0.15, 0.2) is 64.0 Å². The average Bonchev–Trinajstić information content (AvgIpc) is 3.28. The van der Waals surface area contributed by atoms with Crippen LogP contribution >= 0.6 is 0 Å². The number of benzene rings is 4. The Kier molecular flexibility index (Phi) is 9.64. The van der Waals surface area contributed by atoms with Gasteiger partial charge < -0.3 is 105 Å². The third-order valence-electron chi connectivity index (χ3n) is 11.5. The standard InChI is InChI=1S/C41H28O27/c42-13-1-8(2-14(43)24(13)48)34(54)65-32-30-18-7-62-35(55)9-3-15(44)25(49)28(52)20(9)21-10(4-16(45)26(50)29(21)53)37(57)67-39(63-18)33(32)66-38(58)12-6-19(47)41(61)40(59,60)23(12)22-11(36(56)64-30)5-17(46)27(51)31(22)68-41/h1-6,18,23,30,32-33,39,42-46,48-53,59-61H,7H2/t18?,23-,30-,32-,33?,39+,41-/m1/s1. The van der Waals surface area contributed by atoms with Crippen LogP contribution in [0.15, 0.2) is 42.0 Å². The molecule has 27 heteroatoms. The molecule has 4 aliphatic heterocycles. The Hall–Kier alpha value is -8.92. The Morgan fingerprint density at radius 2 is 1.10 bits per heavy atom. The van der Waals surface area contributed by atoms with Gasteiger partial charge in [0, 0.05) is 16.7 Å². The highest BCUT2D eigenvalue weighted by atomic mass is 16.8. The number of carbonyl (C=O) groups excluding carboxylic acids is 6. The number of carbonyl (C=O) groups is 6. The van der Waals surface area contributed by atoms with E-state index in [0.29, 0.717) is 30.3 Å². The molecule has 4 heterocycles. The molecular weight excluding hydrogens is 924 g/mol. The second kappa shape index (κ2) is 14.8. The van der Waals surface area contributed by atoms with Crippen molar-refractivity contribution in [2.24, 2.45) is 0 Å². The summed E-state index contributed by atoms with van der Waals surface area (Å²) in [4.78, 5) is 84.8. The van der Waals surface area contributed by atoms with Crippen molar-refractivity contribution in [3.8, 4) is 80.1 Å². The lowest BCUT2D eigenvalue weighted by molar-refractivity contribution is -0.339. The smallest absolute Gasteiger partial charge is 0.341 e. The lowest BCUT2D eigenvalue weighted by Gasteiger charge is -2.49. The number of esters is 5. The number of aromatic hydroxyl groups is 11. The van der Waals surface area contributed by atoms with E-state index in [-0.39, 0.29) is 6.08 Å². The normalized spacial score (nSPS) is 25.7. The van der Waals surface area contributed by atoms with E-state index in [0.717, 1.165) is 0 Å². The van der Waals surface area contributed by atoms with Crippen LogP contribution in [0.4, 0.5) is 0 Å². The van der Waals surface area contributed by atoms with Gasteiger partial charge in [0.2, 0.25) is 35.4 Å². The van der Waals surface area contributed by atoms with Crippen molar-refractivity contribution in [1.29, 1.82) is 0 Å². The van der Waals surface area contributed by atoms with Gasteiger partial charge in [-0.2, -0.15) is 0 Å². The van der Waals surface area contributed by atoms with Gasteiger partial charge in [-0.25, -0.2) is 24.0 Å². The van der Waals surface area contributed by atoms with Gasteiger partial charge in [-0.1, -0.05) is 0 Å². The molecule has 9 rings (SSSR count). The first-order valence-electron chi connectivity index (χ1n) is 19.1. The molecule has 14 N–H and O–H groups in total. The van der Waals surface area contributed by atoms with Crippen LogP contribution in [-0.2, 0) is 38.0 Å². The maximum atomic E-state index is 14.5. The maximum Gasteiger partial charge on any atom is 0.341 e. The van der Waals surface area contributed by atoms with Crippen LogP contribution in [0.25, 0.3) is 11.1 Å². The van der Waals surface area contributed by atoms with E-state index in [1.165, 1.54) is 0 Å². The van der Waals surface area contributed by atoms with Crippen molar-refractivity contribution in [2.45, 2.75) is 48.2 Å². The van der Waals surface area contributed by atoms with Crippen molar-refractivity contribution in [3.05, 3.63) is 69.8 Å². The zero-order valence-corrected chi connectivity index (χ0v) is 33.2. The molecular formula is C41H28O27. The SMILES string of the molecule is O=C1OC2[C@@H]3OC(=O)c4cc(O)c(O)c(O)c4-c4c(cc(O)c(O)c4O)C(=O)OCC(O3)[C@@H](OC(=O)c3cc(O)c(O)c4c3[C@H]3C1=CC(=O)[C@@](O)(O4)C3(O)O)[C@H]2OC(=O)c1cc(O)c(O)c(O)c1. The molecule has 0 spiro atoms. The van der Waals surface area contributed by atoms with Gasteiger partial charge in [0.05, 0.1) is 33.7 Å². The fraction of sp³-hybridized carbons (Fsp3) is 0.220. The number of phenols is 11. The van der Waals surface area contributed by atoms with Gasteiger partial charge in [0.25, 0.3) is 5.79 Å². The molecule has 7 atom stereocenters. The fourth-order valence-corrected chi connectivity index (χ4v) is 8.25. The highest BCUT2D eigenvalue weighted by molar-refractivity contribution is 6.10. The Balaban J connectivity index is 1.29. The monoisotopic (exact) mass is 952 g/mol. The van der Waals surface area contributed by atoms with E-state index >= 15 is 0 Å². The van der Waals surface area contributed by atoms with Crippen LogP contribution < -0.4 is 4.74 Å². The minimum absolute atomic E-state index is 0.238. The predicted octanol–water partition coefficient (Wildman–Crippen LogP) is -1.10. The van der Waals surface area contributed by atoms with Crippen molar-refractivity contribution >= 4 is 35.6 Å². The number of hydrogen-bond donors (Lipinski definition) is 14. The van der Waals surface area contributed by atoms with Gasteiger partial charge in [-0.15, -0.1) is 0 Å². The van der Waals surface area contributed by atoms with Crippen molar-refractivity contribution < 1.29 is 133 Å². The molecule has 0 saturated carbocycles. The van der Waals surface area contributed by atoms with E-state index in [4.69, 9.17) is 33.2 Å². The highest BCUT2D eigenvalue weighted by Gasteiger charge is 2.70. The minimum Gasteiger partial charge on any atom is -0.504 e. The second-order valence-electron chi connectivity index (χ2n) is 15.5. The van der Waals surface area contributed by atoms with Crippen molar-refractivity contribution in [3.63, 3.8) is 0 Å². The number of rotatable bonds is 2. The number of fused-ring (bicyclic) bond motifs is 10. The van der Waals surface area contributed by atoms with Crippen LogP contribution in [0.5, 0.6) is 69.0 Å². The number of cyclic esters (lactones) is 1. The summed E-state index contributed by atoms with van der Waals surface area (Å²) in [7, 11) is 0. The summed E-state index contributed by atoms with van der Waals surface area (Å²) >= 11 is 0.